The second kappa shape index (κ2) is 7.17. The first-order valence-electron chi connectivity index (χ1n) is 7.73. The van der Waals surface area contributed by atoms with Crippen LogP contribution in [0.25, 0.3) is 0 Å². The summed E-state index contributed by atoms with van der Waals surface area (Å²) in [6.45, 7) is 0. The van der Waals surface area contributed by atoms with Crippen LogP contribution in [0.5, 0.6) is 0 Å². The largest absolute Gasteiger partial charge is 0.295 e. The number of nitro groups is 1. The molecular formula is C18H20N2O2S2. The summed E-state index contributed by atoms with van der Waals surface area (Å²) in [7, 11) is 0. The van der Waals surface area contributed by atoms with E-state index in [-0.39, 0.29) is 17.0 Å². The van der Waals surface area contributed by atoms with E-state index in [1.807, 2.05) is 73.2 Å². The van der Waals surface area contributed by atoms with E-state index in [4.69, 9.17) is 0 Å². The van der Waals surface area contributed by atoms with Crippen LogP contribution in [0.1, 0.15) is 23.2 Å². The normalized spacial score (nSPS) is 25.5. The average molecular weight is 361 g/mol. The van der Waals surface area contributed by atoms with Gasteiger partial charge in [-0.05, 0) is 23.6 Å². The van der Waals surface area contributed by atoms with Gasteiger partial charge in [-0.3, -0.25) is 15.4 Å². The molecule has 0 spiro atoms. The van der Waals surface area contributed by atoms with Gasteiger partial charge in [-0.1, -0.05) is 60.7 Å². The zero-order chi connectivity index (χ0) is 17.2. The molecule has 0 saturated carbocycles. The lowest BCUT2D eigenvalue weighted by Gasteiger charge is -2.32. The SMILES string of the molecule is CSC1(SC)[C@@H](c2ccccc2)N[C@@H](c2ccccc2)[C@H]1[N+](=O)[O-]. The van der Waals surface area contributed by atoms with E-state index in [0.717, 1.165) is 11.1 Å². The zero-order valence-corrected chi connectivity index (χ0v) is 15.2. The number of nitrogens with one attached hydrogen (secondary N) is 1. The highest BCUT2D eigenvalue weighted by molar-refractivity contribution is 8.17. The molecular weight excluding hydrogens is 340 g/mol. The molecule has 1 N–H and O–H groups in total. The Morgan fingerprint density at radius 3 is 1.92 bits per heavy atom. The third-order valence-corrected chi connectivity index (χ3v) is 7.86. The van der Waals surface area contributed by atoms with Crippen LogP contribution in [-0.4, -0.2) is 27.6 Å². The lowest BCUT2D eigenvalue weighted by atomic mass is 9.98. The van der Waals surface area contributed by atoms with Gasteiger partial charge in [0, 0.05) is 4.92 Å². The highest BCUT2D eigenvalue weighted by Gasteiger charge is 2.62. The lowest BCUT2D eigenvalue weighted by Crippen LogP contribution is -2.42. The Labute approximate surface area is 150 Å². The highest BCUT2D eigenvalue weighted by Crippen LogP contribution is 2.56. The van der Waals surface area contributed by atoms with E-state index in [1.165, 1.54) is 0 Å². The van der Waals surface area contributed by atoms with E-state index in [2.05, 4.69) is 5.32 Å². The number of rotatable bonds is 5. The minimum atomic E-state index is -0.713. The van der Waals surface area contributed by atoms with Gasteiger partial charge in [0.25, 0.3) is 6.04 Å². The molecule has 2 aromatic carbocycles. The summed E-state index contributed by atoms with van der Waals surface area (Å²) in [6, 6.07) is 18.6. The van der Waals surface area contributed by atoms with Crippen LogP contribution >= 0.6 is 23.5 Å². The molecule has 24 heavy (non-hydrogen) atoms. The fraction of sp³-hybridized carbons (Fsp3) is 0.333. The molecule has 0 unspecified atom stereocenters. The molecule has 2 aromatic rings. The molecule has 1 heterocycles. The Balaban J connectivity index is 2.12. The Kier molecular flexibility index (Phi) is 5.18. The van der Waals surface area contributed by atoms with Gasteiger partial charge in [-0.2, -0.15) is 0 Å². The number of thioether (sulfide) groups is 2. The first-order chi connectivity index (χ1) is 11.6. The maximum Gasteiger partial charge on any atom is 0.257 e. The Morgan fingerprint density at radius 2 is 1.46 bits per heavy atom. The molecule has 0 radical (unpaired) electrons. The van der Waals surface area contributed by atoms with E-state index in [0.29, 0.717) is 0 Å². The molecule has 126 valence electrons. The maximum atomic E-state index is 12.0. The third kappa shape index (κ3) is 2.83. The quantitative estimate of drug-likeness (QED) is 0.493. The van der Waals surface area contributed by atoms with Crippen molar-refractivity contribution < 1.29 is 4.92 Å². The topological polar surface area (TPSA) is 55.2 Å². The van der Waals surface area contributed by atoms with E-state index >= 15 is 0 Å². The first kappa shape index (κ1) is 17.3. The Bertz CT molecular complexity index is 693. The average Bonchev–Trinajstić information content (AvgIpc) is 2.99. The summed E-state index contributed by atoms with van der Waals surface area (Å²) >= 11 is 3.15. The number of benzene rings is 2. The first-order valence-corrected chi connectivity index (χ1v) is 10.2. The molecule has 0 amide bonds. The summed E-state index contributed by atoms with van der Waals surface area (Å²) in [5, 5.41) is 15.6. The minimum absolute atomic E-state index is 0.0932. The van der Waals surface area contributed by atoms with Crippen molar-refractivity contribution in [3.63, 3.8) is 0 Å². The van der Waals surface area contributed by atoms with Crippen molar-refractivity contribution in [2.24, 2.45) is 0 Å². The molecule has 0 aromatic heterocycles. The second-order valence-electron chi connectivity index (χ2n) is 5.76. The lowest BCUT2D eigenvalue weighted by molar-refractivity contribution is -0.524. The summed E-state index contributed by atoms with van der Waals surface area (Å²) in [5.74, 6) is 0. The smallest absolute Gasteiger partial charge is 0.257 e. The van der Waals surface area contributed by atoms with Gasteiger partial charge in [-0.15, -0.1) is 23.5 Å². The Morgan fingerprint density at radius 1 is 0.958 bits per heavy atom. The minimum Gasteiger partial charge on any atom is -0.295 e. The predicted octanol–water partition coefficient (Wildman–Crippen LogP) is 4.14. The van der Waals surface area contributed by atoms with E-state index in [1.54, 1.807) is 23.5 Å². The fourth-order valence-electron chi connectivity index (χ4n) is 3.53. The van der Waals surface area contributed by atoms with Gasteiger partial charge in [0.05, 0.1) is 6.04 Å². The zero-order valence-electron chi connectivity index (χ0n) is 13.6. The highest BCUT2D eigenvalue weighted by atomic mass is 32.2. The molecule has 3 rings (SSSR count). The maximum absolute atomic E-state index is 12.0. The molecule has 1 aliphatic heterocycles. The fourth-order valence-corrected chi connectivity index (χ4v) is 6.01. The van der Waals surface area contributed by atoms with Crippen molar-refractivity contribution in [1.29, 1.82) is 0 Å². The van der Waals surface area contributed by atoms with E-state index < -0.39 is 10.1 Å². The van der Waals surface area contributed by atoms with Crippen LogP contribution in [0.4, 0.5) is 0 Å². The van der Waals surface area contributed by atoms with Crippen molar-refractivity contribution in [3.05, 3.63) is 81.9 Å². The van der Waals surface area contributed by atoms with Gasteiger partial charge in [0.2, 0.25) is 0 Å². The Hall–Kier alpha value is -1.50. The molecule has 1 aliphatic rings. The summed E-state index contributed by atoms with van der Waals surface area (Å²) in [6.07, 6.45) is 3.94. The second-order valence-corrected chi connectivity index (χ2v) is 8.18. The van der Waals surface area contributed by atoms with Crippen molar-refractivity contribution in [2.45, 2.75) is 22.2 Å². The summed E-state index contributed by atoms with van der Waals surface area (Å²) in [5.41, 5.74) is 2.05. The van der Waals surface area contributed by atoms with Crippen LogP contribution in [-0.2, 0) is 0 Å². The van der Waals surface area contributed by atoms with Crippen molar-refractivity contribution in [1.82, 2.24) is 5.32 Å². The van der Waals surface area contributed by atoms with Crippen molar-refractivity contribution in [2.75, 3.05) is 12.5 Å². The number of hydrogen-bond donors (Lipinski definition) is 1. The van der Waals surface area contributed by atoms with Crippen molar-refractivity contribution >= 4 is 23.5 Å². The predicted molar refractivity (Wildman–Crippen MR) is 102 cm³/mol. The van der Waals surface area contributed by atoms with Crippen LogP contribution in [0.3, 0.4) is 0 Å². The van der Waals surface area contributed by atoms with Crippen LogP contribution < -0.4 is 5.32 Å². The third-order valence-electron chi connectivity index (χ3n) is 4.63. The summed E-state index contributed by atoms with van der Waals surface area (Å²) in [4.78, 5) is 11.9. The van der Waals surface area contributed by atoms with Crippen molar-refractivity contribution in [3.8, 4) is 0 Å². The monoisotopic (exact) mass is 360 g/mol. The van der Waals surface area contributed by atoms with E-state index in [9.17, 15) is 10.1 Å². The number of nitrogens with zero attached hydrogens (tertiary/aromatic N) is 1. The van der Waals surface area contributed by atoms with Gasteiger partial charge >= 0.3 is 0 Å². The van der Waals surface area contributed by atoms with Gasteiger partial charge in [0.15, 0.2) is 0 Å². The molecule has 4 nitrogen and oxygen atoms in total. The standard InChI is InChI=1S/C18H20N2O2S2/c1-23-18(24-2)16(14-11-7-4-8-12-14)19-15(17(18)20(21)22)13-9-5-3-6-10-13/h3-12,15-17,19H,1-2H3/t15-,16+,17+/m0/s1. The molecule has 1 fully saturated rings. The molecule has 1 saturated heterocycles. The molecule has 0 aliphatic carbocycles. The van der Waals surface area contributed by atoms with Gasteiger partial charge in [-0.25, -0.2) is 0 Å². The molecule has 6 heteroatoms. The molecule has 3 atom stereocenters. The van der Waals surface area contributed by atoms with Crippen LogP contribution in [0.2, 0.25) is 0 Å². The van der Waals surface area contributed by atoms with Gasteiger partial charge in [0.1, 0.15) is 10.1 Å². The van der Waals surface area contributed by atoms with Crippen LogP contribution in [0, 0.1) is 10.1 Å². The van der Waals surface area contributed by atoms with Crippen LogP contribution in [0.15, 0.2) is 60.7 Å². The van der Waals surface area contributed by atoms with Gasteiger partial charge < -0.3 is 0 Å². The molecule has 0 bridgehead atoms. The summed E-state index contributed by atoms with van der Waals surface area (Å²) < 4.78 is -0.564. The number of hydrogen-bond acceptors (Lipinski definition) is 5.